The predicted molar refractivity (Wildman–Crippen MR) is 120 cm³/mol. The molecule has 0 aromatic heterocycles. The SMILES string of the molecule is O=C(O)/C=C(/CC(=O)O)C(=O)O.O=C(O)CC(C(=O)O)C(O)C(=O)O.O=C(O)c1cc(C(=O)O)cc(C(=O)O)c1. The van der Waals surface area contributed by atoms with Gasteiger partial charge in [0.25, 0.3) is 0 Å². The third kappa shape index (κ3) is 14.6. The van der Waals surface area contributed by atoms with Crippen LogP contribution >= 0.6 is 0 Å². The molecule has 10 N–H and O–H groups in total. The summed E-state index contributed by atoms with van der Waals surface area (Å²) in [6.07, 6.45) is -3.57. The highest BCUT2D eigenvalue weighted by Crippen LogP contribution is 2.11. The first kappa shape index (κ1) is 36.3. The van der Waals surface area contributed by atoms with Crippen molar-refractivity contribution in [3.63, 3.8) is 0 Å². The van der Waals surface area contributed by atoms with E-state index in [2.05, 4.69) is 0 Å². The standard InChI is InChI=1S/C9H6O6.C6H8O7.C6H6O6/c10-7(11)4-1-5(8(12)13)3-6(2-4)9(14)15;7-3(8)1-2(5(10)11)4(9)6(12)13;7-4(8)1-3(6(11)12)2-5(9)10/h1-3H,(H,10,11)(H,12,13)(H,14,15);2,4,9H,1H2,(H,7,8)(H,10,11)(H,12,13);1H,2H2,(H,7,8)(H,9,10)(H,11,12)/b;;3-1-. The number of hydrogen-bond acceptors (Lipinski definition) is 10. The molecule has 1 aromatic carbocycles. The molecule has 0 bridgehead atoms. The van der Waals surface area contributed by atoms with Crippen LogP contribution in [0.5, 0.6) is 0 Å². The first-order valence-corrected chi connectivity index (χ1v) is 9.80. The molecule has 0 spiro atoms. The van der Waals surface area contributed by atoms with Crippen molar-refractivity contribution in [1.82, 2.24) is 0 Å². The van der Waals surface area contributed by atoms with Crippen molar-refractivity contribution in [3.8, 4) is 0 Å². The number of rotatable bonds is 12. The van der Waals surface area contributed by atoms with Gasteiger partial charge >= 0.3 is 53.7 Å². The van der Waals surface area contributed by atoms with Crippen molar-refractivity contribution in [2.24, 2.45) is 5.92 Å². The second kappa shape index (κ2) is 16.8. The van der Waals surface area contributed by atoms with Gasteiger partial charge in [-0.2, -0.15) is 0 Å². The van der Waals surface area contributed by atoms with E-state index >= 15 is 0 Å². The molecule has 40 heavy (non-hydrogen) atoms. The molecule has 0 radical (unpaired) electrons. The van der Waals surface area contributed by atoms with Gasteiger partial charge in [0.15, 0.2) is 6.10 Å². The third-order valence-corrected chi connectivity index (χ3v) is 3.93. The second-order valence-electron chi connectivity index (χ2n) is 6.92. The van der Waals surface area contributed by atoms with Gasteiger partial charge in [0, 0.05) is 6.08 Å². The lowest BCUT2D eigenvalue weighted by Crippen LogP contribution is -2.36. The van der Waals surface area contributed by atoms with Gasteiger partial charge in [-0.15, -0.1) is 0 Å². The lowest BCUT2D eigenvalue weighted by atomic mass is 9.99. The maximum Gasteiger partial charge on any atom is 0.335 e. The third-order valence-electron chi connectivity index (χ3n) is 3.93. The molecule has 0 saturated carbocycles. The number of aliphatic hydroxyl groups excluding tert-OH is 1. The van der Waals surface area contributed by atoms with Crippen molar-refractivity contribution < 1.29 is 94.2 Å². The van der Waals surface area contributed by atoms with Gasteiger partial charge in [-0.3, -0.25) is 14.4 Å². The number of benzene rings is 1. The Morgan fingerprint density at radius 3 is 1.18 bits per heavy atom. The number of carboxylic acids is 9. The minimum Gasteiger partial charge on any atom is -0.481 e. The van der Waals surface area contributed by atoms with Crippen LogP contribution in [0.2, 0.25) is 0 Å². The molecule has 1 rings (SSSR count). The highest BCUT2D eigenvalue weighted by atomic mass is 16.4. The zero-order chi connectivity index (χ0) is 31.9. The van der Waals surface area contributed by atoms with Gasteiger partial charge in [-0.25, -0.2) is 28.8 Å². The molecule has 19 nitrogen and oxygen atoms in total. The minimum absolute atomic E-state index is 0.358. The Morgan fingerprint density at radius 1 is 0.600 bits per heavy atom. The first-order chi connectivity index (χ1) is 18.2. The first-order valence-electron chi connectivity index (χ1n) is 9.80. The Morgan fingerprint density at radius 2 is 0.975 bits per heavy atom. The fourth-order valence-corrected chi connectivity index (χ4v) is 2.19. The quantitative estimate of drug-likeness (QED) is 0.132. The summed E-state index contributed by atoms with van der Waals surface area (Å²) in [5.41, 5.74) is -1.76. The van der Waals surface area contributed by atoms with Crippen molar-refractivity contribution >= 4 is 53.7 Å². The zero-order valence-corrected chi connectivity index (χ0v) is 19.5. The van der Waals surface area contributed by atoms with Crippen molar-refractivity contribution in [1.29, 1.82) is 0 Å². The largest absolute Gasteiger partial charge is 0.481 e. The van der Waals surface area contributed by atoms with E-state index < -0.39 is 84.2 Å². The van der Waals surface area contributed by atoms with E-state index in [-0.39, 0.29) is 16.7 Å². The summed E-state index contributed by atoms with van der Waals surface area (Å²) in [5, 5.41) is 83.9. The molecule has 0 aliphatic heterocycles. The average Bonchev–Trinajstić information content (AvgIpc) is 2.81. The summed E-state index contributed by atoms with van der Waals surface area (Å²) in [4.78, 5) is 92.3. The van der Waals surface area contributed by atoms with E-state index in [1.807, 2.05) is 0 Å². The maximum absolute atomic E-state index is 10.6. The topological polar surface area (TPSA) is 356 Å². The van der Waals surface area contributed by atoms with Crippen LogP contribution in [-0.4, -0.2) is 111 Å². The van der Waals surface area contributed by atoms with Crippen LogP contribution in [0.3, 0.4) is 0 Å². The van der Waals surface area contributed by atoms with E-state index in [9.17, 15) is 43.2 Å². The normalized spacial score (nSPS) is 11.6. The predicted octanol–water partition coefficient (Wildman–Crippen LogP) is -1.05. The van der Waals surface area contributed by atoms with Crippen LogP contribution < -0.4 is 0 Å². The fourth-order valence-electron chi connectivity index (χ4n) is 2.19. The van der Waals surface area contributed by atoms with Crippen LogP contribution in [0.1, 0.15) is 43.9 Å². The Labute approximate surface area is 220 Å². The highest BCUT2D eigenvalue weighted by Gasteiger charge is 2.33. The monoisotopic (exact) mass is 576 g/mol. The van der Waals surface area contributed by atoms with Gasteiger partial charge in [-0.05, 0) is 18.2 Å². The van der Waals surface area contributed by atoms with Crippen LogP contribution in [0, 0.1) is 5.92 Å². The Bertz CT molecular complexity index is 1150. The molecule has 2 unspecified atom stereocenters. The van der Waals surface area contributed by atoms with Crippen LogP contribution in [0.4, 0.5) is 0 Å². The number of aliphatic hydroxyl groups is 1. The van der Waals surface area contributed by atoms with Gasteiger partial charge in [-0.1, -0.05) is 0 Å². The van der Waals surface area contributed by atoms with Gasteiger partial charge in [0.05, 0.1) is 35.1 Å². The average molecular weight is 576 g/mol. The highest BCUT2D eigenvalue weighted by molar-refractivity contribution is 5.99. The van der Waals surface area contributed by atoms with Crippen molar-refractivity contribution in [3.05, 3.63) is 46.5 Å². The summed E-state index contributed by atoms with van der Waals surface area (Å²) in [7, 11) is 0. The fraction of sp³-hybridized carbons (Fsp3) is 0.190. The van der Waals surface area contributed by atoms with Crippen molar-refractivity contribution in [2.75, 3.05) is 0 Å². The van der Waals surface area contributed by atoms with E-state index in [1.54, 1.807) is 0 Å². The molecule has 0 fully saturated rings. The number of aromatic carboxylic acids is 3. The summed E-state index contributed by atoms with van der Waals surface area (Å²) in [6, 6.07) is 2.70. The van der Waals surface area contributed by atoms with Gasteiger partial charge < -0.3 is 51.1 Å². The molecule has 2 atom stereocenters. The maximum atomic E-state index is 10.6. The molecular weight excluding hydrogens is 556 g/mol. The molecule has 0 aliphatic rings. The number of hydrogen-bond donors (Lipinski definition) is 10. The van der Waals surface area contributed by atoms with Crippen LogP contribution in [-0.2, 0) is 28.8 Å². The summed E-state index contributed by atoms with van der Waals surface area (Å²) < 4.78 is 0. The summed E-state index contributed by atoms with van der Waals surface area (Å²) in [5.74, 6) is -15.2. The molecular formula is C21H20O19. The summed E-state index contributed by atoms with van der Waals surface area (Å²) >= 11 is 0. The lowest BCUT2D eigenvalue weighted by Gasteiger charge is -2.12. The summed E-state index contributed by atoms with van der Waals surface area (Å²) in [6.45, 7) is 0. The van der Waals surface area contributed by atoms with Gasteiger partial charge in [0.2, 0.25) is 0 Å². The van der Waals surface area contributed by atoms with E-state index in [4.69, 9.17) is 51.1 Å². The van der Waals surface area contributed by atoms with E-state index in [1.165, 1.54) is 0 Å². The molecule has 0 aliphatic carbocycles. The van der Waals surface area contributed by atoms with E-state index in [0.29, 0.717) is 6.08 Å². The number of aliphatic carboxylic acids is 6. The van der Waals surface area contributed by atoms with Crippen molar-refractivity contribution in [2.45, 2.75) is 18.9 Å². The zero-order valence-electron chi connectivity index (χ0n) is 19.5. The number of carbonyl (C=O) groups is 9. The number of carboxylic acid groups (broad SMARTS) is 9. The van der Waals surface area contributed by atoms with Crippen LogP contribution in [0.25, 0.3) is 0 Å². The molecule has 0 amide bonds. The van der Waals surface area contributed by atoms with Gasteiger partial charge in [0.1, 0.15) is 5.92 Å². The Kier molecular flexibility index (Phi) is 15.3. The Balaban J connectivity index is 0. The second-order valence-corrected chi connectivity index (χ2v) is 6.92. The molecule has 1 aromatic rings. The van der Waals surface area contributed by atoms with E-state index in [0.717, 1.165) is 18.2 Å². The Hall–Kier alpha value is -5.85. The van der Waals surface area contributed by atoms with Crippen LogP contribution in [0.15, 0.2) is 29.8 Å². The molecule has 218 valence electrons. The lowest BCUT2D eigenvalue weighted by molar-refractivity contribution is -0.162. The minimum atomic E-state index is -2.20. The molecule has 0 heterocycles. The molecule has 0 saturated heterocycles. The molecule has 19 heteroatoms. The smallest absolute Gasteiger partial charge is 0.335 e.